The van der Waals surface area contributed by atoms with Crippen molar-refractivity contribution in [3.8, 4) is 0 Å². The molecule has 3 rings (SSSR count). The molecule has 1 atom stereocenters. The Balaban J connectivity index is 1.71. The van der Waals surface area contributed by atoms with Crippen LogP contribution >= 0.6 is 0 Å². The van der Waals surface area contributed by atoms with Crippen LogP contribution in [-0.4, -0.2) is 43.7 Å². The molecule has 1 aliphatic rings. The van der Waals surface area contributed by atoms with E-state index < -0.39 is 0 Å². The van der Waals surface area contributed by atoms with Gasteiger partial charge in [0.1, 0.15) is 17.3 Å². The van der Waals surface area contributed by atoms with Gasteiger partial charge in [0.25, 0.3) is 5.91 Å². The Morgan fingerprint density at radius 1 is 1.26 bits per heavy atom. The van der Waals surface area contributed by atoms with Crippen LogP contribution in [0.5, 0.6) is 0 Å². The SMILES string of the molecule is Cc1ccc(C(CNC(=O)c2ccoc2C)N2CCOCC2)o1. The van der Waals surface area contributed by atoms with Crippen molar-refractivity contribution < 1.29 is 18.4 Å². The number of rotatable bonds is 5. The molecule has 1 unspecified atom stereocenters. The summed E-state index contributed by atoms with van der Waals surface area (Å²) >= 11 is 0. The number of ether oxygens (including phenoxy) is 1. The van der Waals surface area contributed by atoms with Crippen molar-refractivity contribution in [3.05, 3.63) is 47.3 Å². The zero-order valence-electron chi connectivity index (χ0n) is 13.5. The number of nitrogens with zero attached hydrogens (tertiary/aromatic N) is 1. The molecule has 124 valence electrons. The van der Waals surface area contributed by atoms with Gasteiger partial charge < -0.3 is 18.9 Å². The summed E-state index contributed by atoms with van der Waals surface area (Å²) < 4.78 is 16.4. The number of carbonyl (C=O) groups excluding carboxylic acids is 1. The summed E-state index contributed by atoms with van der Waals surface area (Å²) in [5, 5.41) is 2.99. The van der Waals surface area contributed by atoms with Gasteiger partial charge in [0.15, 0.2) is 0 Å². The molecular weight excluding hydrogens is 296 g/mol. The van der Waals surface area contributed by atoms with E-state index in [1.807, 2.05) is 19.1 Å². The van der Waals surface area contributed by atoms with E-state index in [4.69, 9.17) is 13.6 Å². The Morgan fingerprint density at radius 2 is 2.04 bits per heavy atom. The third-order valence-corrected chi connectivity index (χ3v) is 4.14. The minimum absolute atomic E-state index is 0.00348. The van der Waals surface area contributed by atoms with Crippen LogP contribution in [0.2, 0.25) is 0 Å². The summed E-state index contributed by atoms with van der Waals surface area (Å²) in [6.07, 6.45) is 1.53. The topological polar surface area (TPSA) is 67.9 Å². The normalized spacial score (nSPS) is 17.1. The third-order valence-electron chi connectivity index (χ3n) is 4.14. The monoisotopic (exact) mass is 318 g/mol. The van der Waals surface area contributed by atoms with Crippen molar-refractivity contribution in [2.75, 3.05) is 32.8 Å². The summed E-state index contributed by atoms with van der Waals surface area (Å²) in [6.45, 7) is 7.24. The van der Waals surface area contributed by atoms with E-state index in [1.54, 1.807) is 13.0 Å². The first kappa shape index (κ1) is 15.8. The van der Waals surface area contributed by atoms with Gasteiger partial charge in [0.2, 0.25) is 0 Å². The molecule has 1 fully saturated rings. The Labute approximate surface area is 135 Å². The average Bonchev–Trinajstić information content (AvgIpc) is 3.17. The van der Waals surface area contributed by atoms with Gasteiger partial charge in [-0.1, -0.05) is 0 Å². The quantitative estimate of drug-likeness (QED) is 0.916. The van der Waals surface area contributed by atoms with Gasteiger partial charge in [-0.15, -0.1) is 0 Å². The van der Waals surface area contributed by atoms with E-state index in [2.05, 4.69) is 10.2 Å². The lowest BCUT2D eigenvalue weighted by atomic mass is 10.1. The van der Waals surface area contributed by atoms with E-state index >= 15 is 0 Å². The molecule has 2 aromatic heterocycles. The van der Waals surface area contributed by atoms with Crippen LogP contribution in [0.1, 0.15) is 33.7 Å². The summed E-state index contributed by atoms with van der Waals surface area (Å²) in [6, 6.07) is 5.62. The summed E-state index contributed by atoms with van der Waals surface area (Å²) in [5.74, 6) is 2.24. The number of carbonyl (C=O) groups is 1. The summed E-state index contributed by atoms with van der Waals surface area (Å²) in [4.78, 5) is 14.6. The van der Waals surface area contributed by atoms with Crippen LogP contribution in [-0.2, 0) is 4.74 Å². The molecule has 6 heteroatoms. The van der Waals surface area contributed by atoms with Crippen LogP contribution in [0, 0.1) is 13.8 Å². The van der Waals surface area contributed by atoms with Gasteiger partial charge in [-0.05, 0) is 32.0 Å². The molecule has 1 aliphatic heterocycles. The molecule has 3 heterocycles. The largest absolute Gasteiger partial charge is 0.469 e. The Kier molecular flexibility index (Phi) is 4.83. The van der Waals surface area contributed by atoms with E-state index in [9.17, 15) is 4.79 Å². The van der Waals surface area contributed by atoms with E-state index in [1.165, 1.54) is 6.26 Å². The van der Waals surface area contributed by atoms with Gasteiger partial charge in [0, 0.05) is 19.6 Å². The fourth-order valence-corrected chi connectivity index (χ4v) is 2.84. The van der Waals surface area contributed by atoms with Crippen LogP contribution < -0.4 is 5.32 Å². The van der Waals surface area contributed by atoms with E-state index in [0.29, 0.717) is 31.1 Å². The lowest BCUT2D eigenvalue weighted by Gasteiger charge is -2.33. The number of aryl methyl sites for hydroxylation is 2. The second-order valence-corrected chi connectivity index (χ2v) is 5.71. The first-order chi connectivity index (χ1) is 11.1. The van der Waals surface area contributed by atoms with Crippen molar-refractivity contribution in [3.63, 3.8) is 0 Å². The number of morpholine rings is 1. The highest BCUT2D eigenvalue weighted by Crippen LogP contribution is 2.23. The third kappa shape index (κ3) is 3.65. The standard InChI is InChI=1S/C17H22N2O4/c1-12-3-4-16(23-12)15(19-6-9-21-10-7-19)11-18-17(20)14-5-8-22-13(14)2/h3-5,8,15H,6-7,9-11H2,1-2H3,(H,18,20). The van der Waals surface area contributed by atoms with Crippen molar-refractivity contribution in [1.82, 2.24) is 10.2 Å². The number of furan rings is 2. The molecule has 0 aromatic carbocycles. The van der Waals surface area contributed by atoms with Crippen molar-refractivity contribution in [1.29, 1.82) is 0 Å². The summed E-state index contributed by atoms with van der Waals surface area (Å²) in [5.41, 5.74) is 0.571. The van der Waals surface area contributed by atoms with Crippen molar-refractivity contribution >= 4 is 5.91 Å². The molecule has 0 radical (unpaired) electrons. The fourth-order valence-electron chi connectivity index (χ4n) is 2.84. The van der Waals surface area contributed by atoms with E-state index in [-0.39, 0.29) is 11.9 Å². The van der Waals surface area contributed by atoms with Gasteiger partial charge >= 0.3 is 0 Å². The molecule has 0 spiro atoms. The lowest BCUT2D eigenvalue weighted by Crippen LogP contribution is -2.43. The predicted octanol–water partition coefficient (Wildman–Crippen LogP) is 2.29. The molecule has 1 N–H and O–H groups in total. The maximum absolute atomic E-state index is 12.3. The summed E-state index contributed by atoms with van der Waals surface area (Å²) in [7, 11) is 0. The van der Waals surface area contributed by atoms with Crippen molar-refractivity contribution in [2.24, 2.45) is 0 Å². The predicted molar refractivity (Wildman–Crippen MR) is 84.4 cm³/mol. The number of amides is 1. The zero-order valence-corrected chi connectivity index (χ0v) is 13.5. The highest BCUT2D eigenvalue weighted by atomic mass is 16.5. The number of hydrogen-bond donors (Lipinski definition) is 1. The molecule has 23 heavy (non-hydrogen) atoms. The van der Waals surface area contributed by atoms with Crippen LogP contribution in [0.15, 0.2) is 33.3 Å². The zero-order chi connectivity index (χ0) is 16.2. The number of hydrogen-bond acceptors (Lipinski definition) is 5. The van der Waals surface area contributed by atoms with Crippen LogP contribution in [0.25, 0.3) is 0 Å². The molecule has 6 nitrogen and oxygen atoms in total. The smallest absolute Gasteiger partial charge is 0.254 e. The molecule has 0 bridgehead atoms. The van der Waals surface area contributed by atoms with Crippen LogP contribution in [0.4, 0.5) is 0 Å². The fraction of sp³-hybridized carbons (Fsp3) is 0.471. The first-order valence-corrected chi connectivity index (χ1v) is 7.85. The minimum Gasteiger partial charge on any atom is -0.469 e. The van der Waals surface area contributed by atoms with Gasteiger partial charge in [-0.3, -0.25) is 9.69 Å². The molecule has 2 aromatic rings. The molecular formula is C17H22N2O4. The van der Waals surface area contributed by atoms with Gasteiger partial charge in [-0.2, -0.15) is 0 Å². The average molecular weight is 318 g/mol. The van der Waals surface area contributed by atoms with Crippen molar-refractivity contribution in [2.45, 2.75) is 19.9 Å². The minimum atomic E-state index is -0.127. The Hall–Kier alpha value is -2.05. The lowest BCUT2D eigenvalue weighted by molar-refractivity contribution is 0.0117. The van der Waals surface area contributed by atoms with E-state index in [0.717, 1.165) is 24.6 Å². The van der Waals surface area contributed by atoms with Crippen LogP contribution in [0.3, 0.4) is 0 Å². The molecule has 1 amide bonds. The Bertz CT molecular complexity index is 655. The second-order valence-electron chi connectivity index (χ2n) is 5.71. The van der Waals surface area contributed by atoms with Gasteiger partial charge in [-0.25, -0.2) is 0 Å². The molecule has 1 saturated heterocycles. The highest BCUT2D eigenvalue weighted by molar-refractivity contribution is 5.95. The first-order valence-electron chi connectivity index (χ1n) is 7.85. The maximum Gasteiger partial charge on any atom is 0.254 e. The maximum atomic E-state index is 12.3. The second kappa shape index (κ2) is 7.02. The highest BCUT2D eigenvalue weighted by Gasteiger charge is 2.26. The molecule has 0 saturated carbocycles. The Morgan fingerprint density at radius 3 is 2.65 bits per heavy atom. The number of nitrogens with one attached hydrogen (secondary N) is 1. The molecule has 0 aliphatic carbocycles. The van der Waals surface area contributed by atoms with Gasteiger partial charge in [0.05, 0.1) is 31.1 Å².